The number of fused-ring (bicyclic) bond motifs is 1. The molecule has 6 rings (SSSR count). The number of nitrogens with one attached hydrogen (secondary N) is 1. The molecule has 4 saturated carbocycles. The third kappa shape index (κ3) is 3.19. The zero-order valence-corrected chi connectivity index (χ0v) is 16.1. The Morgan fingerprint density at radius 3 is 2.46 bits per heavy atom. The van der Waals surface area contributed by atoms with E-state index in [4.69, 9.17) is 5.11 Å². The molecule has 4 aliphatic carbocycles. The van der Waals surface area contributed by atoms with E-state index in [1.165, 1.54) is 38.5 Å². The minimum atomic E-state index is -0.842. The van der Waals surface area contributed by atoms with Crippen molar-refractivity contribution in [2.75, 3.05) is 6.54 Å². The average Bonchev–Trinajstić information content (AvgIpc) is 3.06. The van der Waals surface area contributed by atoms with Crippen molar-refractivity contribution in [3.05, 3.63) is 35.8 Å². The van der Waals surface area contributed by atoms with Gasteiger partial charge in [0.25, 0.3) is 5.91 Å². The lowest BCUT2D eigenvalue weighted by Crippen LogP contribution is -2.51. The van der Waals surface area contributed by atoms with Crippen LogP contribution in [0.4, 0.5) is 0 Å². The number of aryl methyl sites for hydroxylation is 1. The fourth-order valence-corrected chi connectivity index (χ4v) is 6.47. The summed E-state index contributed by atoms with van der Waals surface area (Å²) in [5.41, 5.74) is 2.25. The van der Waals surface area contributed by atoms with E-state index in [-0.39, 0.29) is 12.3 Å². The number of aromatic nitrogens is 2. The van der Waals surface area contributed by atoms with Crippen LogP contribution < -0.4 is 5.32 Å². The molecule has 2 N–H and O–H groups in total. The molecular weight excluding hydrogens is 354 g/mol. The molecule has 28 heavy (non-hydrogen) atoms. The fraction of sp³-hybridized carbons (Fsp3) is 0.591. The Kier molecular flexibility index (Phi) is 4.18. The number of imidazole rings is 1. The Labute approximate surface area is 164 Å². The van der Waals surface area contributed by atoms with Gasteiger partial charge in [0.1, 0.15) is 11.3 Å². The zero-order valence-electron chi connectivity index (χ0n) is 16.1. The first-order valence-electron chi connectivity index (χ1n) is 10.5. The summed E-state index contributed by atoms with van der Waals surface area (Å²) in [5.74, 6) is 1.71. The summed E-state index contributed by atoms with van der Waals surface area (Å²) in [6, 6.07) is 5.49. The van der Waals surface area contributed by atoms with Gasteiger partial charge in [0, 0.05) is 19.2 Å². The Morgan fingerprint density at radius 2 is 1.82 bits per heavy atom. The molecular formula is C22H27N3O3. The van der Waals surface area contributed by atoms with Gasteiger partial charge in [-0.2, -0.15) is 0 Å². The molecule has 6 heteroatoms. The first-order chi connectivity index (χ1) is 13.5. The highest BCUT2D eigenvalue weighted by molar-refractivity contribution is 5.93. The third-order valence-electron chi connectivity index (χ3n) is 7.16. The molecule has 2 aromatic heterocycles. The topological polar surface area (TPSA) is 83.7 Å². The van der Waals surface area contributed by atoms with Crippen LogP contribution in [-0.4, -0.2) is 32.9 Å². The van der Waals surface area contributed by atoms with E-state index in [1.54, 1.807) is 10.6 Å². The molecule has 2 heterocycles. The quantitative estimate of drug-likeness (QED) is 0.804. The van der Waals surface area contributed by atoms with Gasteiger partial charge in [-0.3, -0.25) is 14.0 Å². The van der Waals surface area contributed by atoms with Crippen LogP contribution in [0.25, 0.3) is 5.65 Å². The Bertz CT molecular complexity index is 897. The van der Waals surface area contributed by atoms with Crippen molar-refractivity contribution < 1.29 is 14.7 Å². The summed E-state index contributed by atoms with van der Waals surface area (Å²) in [6.07, 6.45) is 10.2. The number of aliphatic carboxylic acids is 1. The number of amides is 1. The van der Waals surface area contributed by atoms with Gasteiger partial charge < -0.3 is 10.4 Å². The number of carboxylic acid groups (broad SMARTS) is 1. The standard InChI is InChI=1S/C22H27N3O3/c26-20(27)5-4-17-12-25-18(2-1-3-19(25)24-17)21(28)23-13-22-9-14-6-15(10-22)8-16(7-14)11-22/h1-3,12,14-16H,4-11,13H2,(H,23,28)(H,26,27). The number of carbonyl (C=O) groups is 2. The van der Waals surface area contributed by atoms with E-state index in [9.17, 15) is 9.59 Å². The SMILES string of the molecule is O=C(O)CCc1cn2c(C(=O)NCC34CC5CC(CC(C5)C3)C4)cccc2n1. The maximum absolute atomic E-state index is 13.0. The first-order valence-corrected chi connectivity index (χ1v) is 10.5. The highest BCUT2D eigenvalue weighted by Crippen LogP contribution is 2.59. The van der Waals surface area contributed by atoms with E-state index in [0.717, 1.165) is 24.3 Å². The van der Waals surface area contributed by atoms with E-state index >= 15 is 0 Å². The predicted molar refractivity (Wildman–Crippen MR) is 104 cm³/mol. The Hall–Kier alpha value is -2.37. The highest BCUT2D eigenvalue weighted by atomic mass is 16.4. The van der Waals surface area contributed by atoms with Crippen molar-refractivity contribution >= 4 is 17.5 Å². The number of nitrogens with zero attached hydrogens (tertiary/aromatic N) is 2. The van der Waals surface area contributed by atoms with E-state index < -0.39 is 5.97 Å². The van der Waals surface area contributed by atoms with Gasteiger partial charge in [-0.15, -0.1) is 0 Å². The molecule has 0 spiro atoms. The second-order valence-corrected chi connectivity index (χ2v) is 9.37. The van der Waals surface area contributed by atoms with E-state index in [1.807, 2.05) is 18.2 Å². The van der Waals surface area contributed by atoms with Gasteiger partial charge >= 0.3 is 5.97 Å². The number of carbonyl (C=O) groups excluding carboxylic acids is 1. The summed E-state index contributed by atoms with van der Waals surface area (Å²) in [4.78, 5) is 28.2. The van der Waals surface area contributed by atoms with Crippen molar-refractivity contribution in [2.45, 2.75) is 51.4 Å². The van der Waals surface area contributed by atoms with E-state index in [2.05, 4.69) is 10.3 Å². The minimum Gasteiger partial charge on any atom is -0.481 e. The number of carboxylic acids is 1. The molecule has 0 atom stereocenters. The lowest BCUT2D eigenvalue weighted by molar-refractivity contribution is -0.136. The summed E-state index contributed by atoms with van der Waals surface area (Å²) in [7, 11) is 0. The monoisotopic (exact) mass is 381 g/mol. The van der Waals surface area contributed by atoms with Gasteiger partial charge in [0.2, 0.25) is 0 Å². The van der Waals surface area contributed by atoms with Crippen molar-refractivity contribution in [1.82, 2.24) is 14.7 Å². The molecule has 4 bridgehead atoms. The van der Waals surface area contributed by atoms with Crippen molar-refractivity contribution in [3.63, 3.8) is 0 Å². The van der Waals surface area contributed by atoms with Crippen LogP contribution in [0.15, 0.2) is 24.4 Å². The summed E-state index contributed by atoms with van der Waals surface area (Å²) < 4.78 is 1.78. The fourth-order valence-electron chi connectivity index (χ4n) is 6.47. The van der Waals surface area contributed by atoms with Crippen molar-refractivity contribution in [3.8, 4) is 0 Å². The molecule has 0 saturated heterocycles. The maximum atomic E-state index is 13.0. The molecule has 0 aliphatic heterocycles. The van der Waals surface area contributed by atoms with Gasteiger partial charge in [-0.25, -0.2) is 4.98 Å². The summed E-state index contributed by atoms with van der Waals surface area (Å²) >= 11 is 0. The number of hydrogen-bond donors (Lipinski definition) is 2. The molecule has 0 radical (unpaired) electrons. The van der Waals surface area contributed by atoms with Crippen LogP contribution in [0.3, 0.4) is 0 Å². The largest absolute Gasteiger partial charge is 0.481 e. The van der Waals surface area contributed by atoms with E-state index in [0.29, 0.717) is 28.9 Å². The molecule has 1 amide bonds. The molecule has 2 aromatic rings. The average molecular weight is 381 g/mol. The second-order valence-electron chi connectivity index (χ2n) is 9.37. The van der Waals surface area contributed by atoms with Crippen molar-refractivity contribution in [2.24, 2.45) is 23.2 Å². The Balaban J connectivity index is 1.31. The number of rotatable bonds is 6. The van der Waals surface area contributed by atoms with Crippen LogP contribution in [0.2, 0.25) is 0 Å². The van der Waals surface area contributed by atoms with Gasteiger partial charge in [0.15, 0.2) is 0 Å². The normalized spacial score (nSPS) is 30.6. The van der Waals surface area contributed by atoms with Crippen LogP contribution in [0.5, 0.6) is 0 Å². The van der Waals surface area contributed by atoms with Crippen LogP contribution in [0.1, 0.15) is 61.1 Å². The minimum absolute atomic E-state index is 0.0391. The van der Waals surface area contributed by atoms with Crippen molar-refractivity contribution in [1.29, 1.82) is 0 Å². The third-order valence-corrected chi connectivity index (χ3v) is 7.16. The van der Waals surface area contributed by atoms with Crippen LogP contribution in [-0.2, 0) is 11.2 Å². The summed E-state index contributed by atoms with van der Waals surface area (Å²) in [6.45, 7) is 0.770. The molecule has 0 unspecified atom stereocenters. The molecule has 148 valence electrons. The van der Waals surface area contributed by atoms with Crippen LogP contribution >= 0.6 is 0 Å². The van der Waals surface area contributed by atoms with Gasteiger partial charge in [-0.05, 0) is 73.8 Å². The predicted octanol–water partition coefficient (Wildman–Crippen LogP) is 3.30. The zero-order chi connectivity index (χ0) is 19.3. The Morgan fingerprint density at radius 1 is 1.14 bits per heavy atom. The lowest BCUT2D eigenvalue weighted by Gasteiger charge is -2.56. The number of pyridine rings is 1. The lowest BCUT2D eigenvalue weighted by atomic mass is 9.49. The first kappa shape index (κ1) is 17.7. The maximum Gasteiger partial charge on any atom is 0.303 e. The second kappa shape index (κ2) is 6.61. The summed E-state index contributed by atoms with van der Waals surface area (Å²) in [5, 5.41) is 12.1. The van der Waals surface area contributed by atoms with Gasteiger partial charge in [0.05, 0.1) is 12.1 Å². The van der Waals surface area contributed by atoms with Gasteiger partial charge in [-0.1, -0.05) is 6.07 Å². The molecule has 4 aliphatic rings. The molecule has 4 fully saturated rings. The van der Waals surface area contributed by atoms with Crippen LogP contribution in [0, 0.1) is 23.2 Å². The molecule has 6 nitrogen and oxygen atoms in total. The number of hydrogen-bond acceptors (Lipinski definition) is 3. The molecule has 0 aromatic carbocycles. The smallest absolute Gasteiger partial charge is 0.303 e. The highest BCUT2D eigenvalue weighted by Gasteiger charge is 2.50.